The van der Waals surface area contributed by atoms with E-state index in [1.54, 1.807) is 18.5 Å². The number of rotatable bonds is 3. The Morgan fingerprint density at radius 3 is 2.58 bits per heavy atom. The lowest BCUT2D eigenvalue weighted by molar-refractivity contribution is 0.378. The van der Waals surface area contributed by atoms with Gasteiger partial charge in [-0.2, -0.15) is 0 Å². The van der Waals surface area contributed by atoms with Crippen molar-refractivity contribution in [3.63, 3.8) is 0 Å². The van der Waals surface area contributed by atoms with E-state index in [2.05, 4.69) is 19.9 Å². The molecular weight excluding hydrogens is 328 g/mol. The minimum absolute atomic E-state index is 0.274. The van der Waals surface area contributed by atoms with Crippen LogP contribution < -0.4 is 10.6 Å². The number of aromatic nitrogens is 2. The quantitative estimate of drug-likeness (QED) is 0.597. The van der Waals surface area contributed by atoms with E-state index in [0.29, 0.717) is 12.4 Å². The molecule has 3 rings (SSSR count). The molecule has 1 aromatic heterocycles. The van der Waals surface area contributed by atoms with E-state index in [4.69, 9.17) is 5.73 Å². The van der Waals surface area contributed by atoms with Crippen LogP contribution in [0, 0.1) is 0 Å². The molecule has 9 heteroatoms. The second kappa shape index (κ2) is 7.33. The number of anilines is 1. The fraction of sp³-hybridized carbons (Fsp3) is 0.667. The summed E-state index contributed by atoms with van der Waals surface area (Å²) in [5.74, 6) is 1.44. The van der Waals surface area contributed by atoms with E-state index in [-0.39, 0.29) is 17.5 Å². The second-order valence-electron chi connectivity index (χ2n) is 6.21. The molecule has 8 nitrogen and oxygen atoms in total. The van der Waals surface area contributed by atoms with Crippen LogP contribution in [0.4, 0.5) is 5.95 Å². The first-order valence-electron chi connectivity index (χ1n) is 8.35. The van der Waals surface area contributed by atoms with Gasteiger partial charge in [-0.25, -0.2) is 18.4 Å². The molecule has 1 unspecified atom stereocenters. The summed E-state index contributed by atoms with van der Waals surface area (Å²) in [7, 11) is -3.00. The van der Waals surface area contributed by atoms with Crippen LogP contribution in [0.5, 0.6) is 0 Å². The molecule has 2 fully saturated rings. The Morgan fingerprint density at radius 2 is 1.92 bits per heavy atom. The normalized spacial score (nSPS) is 24.8. The molecule has 0 radical (unpaired) electrons. The van der Waals surface area contributed by atoms with Gasteiger partial charge in [0.25, 0.3) is 0 Å². The molecule has 2 aliphatic rings. The molecule has 2 N–H and O–H groups in total. The Balaban J connectivity index is 1.54. The van der Waals surface area contributed by atoms with Crippen LogP contribution in [0.25, 0.3) is 0 Å². The van der Waals surface area contributed by atoms with Gasteiger partial charge in [-0.05, 0) is 18.9 Å². The number of nitrogens with zero attached hydrogens (tertiary/aromatic N) is 5. The molecule has 0 amide bonds. The molecule has 0 saturated carbocycles. The van der Waals surface area contributed by atoms with Crippen LogP contribution in [-0.2, 0) is 9.84 Å². The van der Waals surface area contributed by atoms with Gasteiger partial charge in [0.2, 0.25) is 5.95 Å². The number of nitrogens with two attached hydrogens (primary N) is 1. The van der Waals surface area contributed by atoms with E-state index < -0.39 is 9.84 Å². The van der Waals surface area contributed by atoms with E-state index in [1.165, 1.54) is 0 Å². The number of piperazine rings is 1. The van der Waals surface area contributed by atoms with Crippen LogP contribution in [0.3, 0.4) is 0 Å². The van der Waals surface area contributed by atoms with Gasteiger partial charge in [0, 0.05) is 38.6 Å². The maximum atomic E-state index is 12.0. The Hall–Kier alpha value is -1.90. The van der Waals surface area contributed by atoms with E-state index >= 15 is 0 Å². The molecule has 1 atom stereocenters. The van der Waals surface area contributed by atoms with E-state index in [0.717, 1.165) is 45.0 Å². The van der Waals surface area contributed by atoms with Crippen molar-refractivity contribution in [3.05, 3.63) is 18.5 Å². The third-order valence-corrected chi connectivity index (χ3v) is 6.87. The first-order valence-corrected chi connectivity index (χ1v) is 10.1. The molecule has 2 aliphatic heterocycles. The van der Waals surface area contributed by atoms with Crippen LogP contribution >= 0.6 is 0 Å². The SMILES string of the molecule is NC(=NCC1CCCCS1(=O)=O)N1CCN(c2ncccn2)CC1. The van der Waals surface area contributed by atoms with Gasteiger partial charge >= 0.3 is 0 Å². The zero-order valence-corrected chi connectivity index (χ0v) is 14.5. The molecule has 0 aliphatic carbocycles. The third kappa shape index (κ3) is 3.95. The summed E-state index contributed by atoms with van der Waals surface area (Å²) in [5, 5.41) is -0.371. The molecule has 0 spiro atoms. The summed E-state index contributed by atoms with van der Waals surface area (Å²) < 4.78 is 24.1. The van der Waals surface area contributed by atoms with E-state index in [1.807, 2.05) is 4.90 Å². The van der Waals surface area contributed by atoms with Crippen LogP contribution in [-0.4, -0.2) is 73.0 Å². The number of hydrogen-bond donors (Lipinski definition) is 1. The number of hydrogen-bond acceptors (Lipinski definition) is 6. The fourth-order valence-electron chi connectivity index (χ4n) is 3.11. The summed E-state index contributed by atoms with van der Waals surface area (Å²) in [5.41, 5.74) is 6.07. The fourth-order valence-corrected chi connectivity index (χ4v) is 4.88. The van der Waals surface area contributed by atoms with Crippen molar-refractivity contribution < 1.29 is 8.42 Å². The molecular formula is C15H24N6O2S. The van der Waals surface area contributed by atoms with Crippen molar-refractivity contribution in [1.82, 2.24) is 14.9 Å². The van der Waals surface area contributed by atoms with Crippen LogP contribution in [0.15, 0.2) is 23.5 Å². The molecule has 2 saturated heterocycles. The van der Waals surface area contributed by atoms with E-state index in [9.17, 15) is 8.42 Å². The van der Waals surface area contributed by atoms with Crippen molar-refractivity contribution in [2.24, 2.45) is 10.7 Å². The molecule has 1 aromatic rings. The number of guanidine groups is 1. The topological polar surface area (TPSA) is 105 Å². The average molecular weight is 352 g/mol. The first-order chi connectivity index (χ1) is 11.6. The lowest BCUT2D eigenvalue weighted by Gasteiger charge is -2.35. The molecule has 3 heterocycles. The molecule has 0 bridgehead atoms. The Bertz CT molecular complexity index is 670. The van der Waals surface area contributed by atoms with Gasteiger partial charge in [-0.1, -0.05) is 6.42 Å². The Labute approximate surface area is 142 Å². The minimum Gasteiger partial charge on any atom is -0.370 e. The highest BCUT2D eigenvalue weighted by molar-refractivity contribution is 7.92. The van der Waals surface area contributed by atoms with Crippen LogP contribution in [0.1, 0.15) is 19.3 Å². The first kappa shape index (κ1) is 16.9. The monoisotopic (exact) mass is 352 g/mol. The van der Waals surface area contributed by atoms with Crippen LogP contribution in [0.2, 0.25) is 0 Å². The molecule has 0 aromatic carbocycles. The van der Waals surface area contributed by atoms with Crippen molar-refractivity contribution in [2.75, 3.05) is 43.4 Å². The largest absolute Gasteiger partial charge is 0.370 e. The summed E-state index contributed by atoms with van der Waals surface area (Å²) in [6.45, 7) is 3.26. The number of sulfone groups is 1. The van der Waals surface area contributed by atoms with Gasteiger partial charge in [0.15, 0.2) is 15.8 Å². The molecule has 24 heavy (non-hydrogen) atoms. The summed E-state index contributed by atoms with van der Waals surface area (Å²) in [6, 6.07) is 1.80. The zero-order chi connectivity index (χ0) is 17.0. The lowest BCUT2D eigenvalue weighted by Crippen LogP contribution is -2.51. The maximum absolute atomic E-state index is 12.0. The smallest absolute Gasteiger partial charge is 0.225 e. The predicted octanol–water partition coefficient (Wildman–Crippen LogP) is -0.119. The summed E-state index contributed by atoms with van der Waals surface area (Å²) in [4.78, 5) is 17.0. The number of aliphatic imine (C=N–C) groups is 1. The van der Waals surface area contributed by atoms with Crippen molar-refractivity contribution in [1.29, 1.82) is 0 Å². The Kier molecular flexibility index (Phi) is 5.17. The molecule has 132 valence electrons. The maximum Gasteiger partial charge on any atom is 0.225 e. The second-order valence-corrected chi connectivity index (χ2v) is 8.61. The zero-order valence-electron chi connectivity index (χ0n) is 13.7. The predicted molar refractivity (Wildman–Crippen MR) is 93.7 cm³/mol. The highest BCUT2D eigenvalue weighted by Gasteiger charge is 2.29. The lowest BCUT2D eigenvalue weighted by atomic mass is 10.2. The van der Waals surface area contributed by atoms with Gasteiger partial charge in [0.1, 0.15) is 0 Å². The highest BCUT2D eigenvalue weighted by atomic mass is 32.2. The van der Waals surface area contributed by atoms with Gasteiger partial charge in [0.05, 0.1) is 17.5 Å². The summed E-state index contributed by atoms with van der Waals surface area (Å²) >= 11 is 0. The van der Waals surface area contributed by atoms with Gasteiger partial charge in [-0.3, -0.25) is 4.99 Å². The van der Waals surface area contributed by atoms with Crippen molar-refractivity contribution in [3.8, 4) is 0 Å². The Morgan fingerprint density at radius 1 is 1.21 bits per heavy atom. The van der Waals surface area contributed by atoms with Gasteiger partial charge in [-0.15, -0.1) is 0 Å². The standard InChI is InChI=1S/C15H24N6O2S/c16-14(19-12-13-4-1-2-11-24(13,22)23)20-7-9-21(10-8-20)15-17-5-3-6-18-15/h3,5-6,13H,1-2,4,7-12H2,(H2,16,19). The third-order valence-electron chi connectivity index (χ3n) is 4.61. The summed E-state index contributed by atoms with van der Waals surface area (Å²) in [6.07, 6.45) is 5.87. The highest BCUT2D eigenvalue weighted by Crippen LogP contribution is 2.19. The minimum atomic E-state index is -3.00. The van der Waals surface area contributed by atoms with Crippen molar-refractivity contribution in [2.45, 2.75) is 24.5 Å². The van der Waals surface area contributed by atoms with Gasteiger partial charge < -0.3 is 15.5 Å². The van der Waals surface area contributed by atoms with Crippen molar-refractivity contribution >= 4 is 21.7 Å². The average Bonchev–Trinajstić information content (AvgIpc) is 2.61.